The summed E-state index contributed by atoms with van der Waals surface area (Å²) in [5.41, 5.74) is 0. The first-order valence-electron chi connectivity index (χ1n) is 23.8. The van der Waals surface area contributed by atoms with Crippen LogP contribution in [0.5, 0.6) is 0 Å². The van der Waals surface area contributed by atoms with Crippen molar-refractivity contribution in [2.24, 2.45) is 0 Å². The maximum Gasteiger partial charge on any atom is 0.249 e. The number of carbonyl (C=O) groups excluding carboxylic acids is 1. The van der Waals surface area contributed by atoms with Crippen LogP contribution in [0.1, 0.15) is 271 Å². The molecule has 4 N–H and O–H groups in total. The molecule has 0 aliphatic carbocycles. The lowest BCUT2D eigenvalue weighted by molar-refractivity contribution is -0.131. The number of unbranched alkanes of at least 4 members (excludes halogenated alkanes) is 36. The van der Waals surface area contributed by atoms with Crippen molar-refractivity contribution in [1.29, 1.82) is 0 Å². The maximum absolute atomic E-state index is 12.5. The van der Waals surface area contributed by atoms with Gasteiger partial charge in [0.25, 0.3) is 0 Å². The molecular weight excluding hydrogens is 643 g/mol. The van der Waals surface area contributed by atoms with Gasteiger partial charge < -0.3 is 20.6 Å². The van der Waals surface area contributed by atoms with Gasteiger partial charge in [0.05, 0.1) is 18.8 Å². The Balaban J connectivity index is 3.55. The molecule has 1 amide bonds. The molecule has 0 heterocycles. The second kappa shape index (κ2) is 43.1. The Morgan fingerprint density at radius 1 is 0.385 bits per heavy atom. The lowest BCUT2D eigenvalue weighted by Crippen LogP contribution is -2.49. The monoisotopic (exact) mass is 738 g/mol. The lowest BCUT2D eigenvalue weighted by Gasteiger charge is -2.23. The summed E-state index contributed by atoms with van der Waals surface area (Å²) in [7, 11) is 0. The Bertz CT molecular complexity index is 688. The van der Waals surface area contributed by atoms with E-state index >= 15 is 0 Å². The van der Waals surface area contributed by atoms with Crippen LogP contribution in [0, 0.1) is 0 Å². The highest BCUT2D eigenvalue weighted by Crippen LogP contribution is 2.17. The molecule has 52 heavy (non-hydrogen) atoms. The highest BCUT2D eigenvalue weighted by atomic mass is 16.3. The molecule has 0 saturated carbocycles. The summed E-state index contributed by atoms with van der Waals surface area (Å²) in [6, 6.07) is -0.706. The van der Waals surface area contributed by atoms with Crippen LogP contribution in [0.4, 0.5) is 0 Å². The number of rotatable bonds is 44. The smallest absolute Gasteiger partial charge is 0.249 e. The first kappa shape index (κ1) is 51.4. The second-order valence-corrected chi connectivity index (χ2v) is 16.7. The molecule has 0 rings (SSSR count). The Hall–Kier alpha value is -0.650. The van der Waals surface area contributed by atoms with Crippen molar-refractivity contribution in [3.63, 3.8) is 0 Å². The topological polar surface area (TPSA) is 89.8 Å². The van der Waals surface area contributed by atoms with E-state index in [4.69, 9.17) is 0 Å². The molecule has 0 radical (unpaired) electrons. The van der Waals surface area contributed by atoms with E-state index < -0.39 is 24.2 Å². The molecule has 0 aromatic carbocycles. The Labute approximate surface area is 326 Å². The summed E-state index contributed by atoms with van der Waals surface area (Å²) in [4.78, 5) is 12.5. The van der Waals surface area contributed by atoms with Crippen molar-refractivity contribution >= 4 is 5.91 Å². The van der Waals surface area contributed by atoms with Gasteiger partial charge in [-0.15, -0.1) is 0 Å². The minimum Gasteiger partial charge on any atom is -0.394 e. The highest BCUT2D eigenvalue weighted by molar-refractivity contribution is 5.80. The summed E-state index contributed by atoms with van der Waals surface area (Å²) in [5.74, 6) is -0.464. The number of amides is 1. The van der Waals surface area contributed by atoms with E-state index in [0.29, 0.717) is 12.8 Å². The zero-order valence-corrected chi connectivity index (χ0v) is 35.5. The predicted molar refractivity (Wildman–Crippen MR) is 227 cm³/mol. The summed E-state index contributed by atoms with van der Waals surface area (Å²) in [6.45, 7) is 4.26. The number of aliphatic hydroxyl groups excluding tert-OH is 3. The average molecular weight is 738 g/mol. The largest absolute Gasteiger partial charge is 0.394 e. The maximum atomic E-state index is 12.5. The number of hydrogen-bond acceptors (Lipinski definition) is 4. The molecule has 0 aromatic heterocycles. The van der Waals surface area contributed by atoms with Crippen molar-refractivity contribution in [3.05, 3.63) is 0 Å². The third-order valence-electron chi connectivity index (χ3n) is 11.5. The summed E-state index contributed by atoms with van der Waals surface area (Å²) in [5, 5.41) is 33.4. The Kier molecular flexibility index (Phi) is 42.5. The fraction of sp³-hybridized carbons (Fsp3) is 0.979. The van der Waals surface area contributed by atoms with Crippen molar-refractivity contribution < 1.29 is 20.1 Å². The lowest BCUT2D eigenvalue weighted by atomic mass is 10.0. The quantitative estimate of drug-likeness (QED) is 0.0469. The molecule has 0 aliphatic heterocycles. The molecular formula is C47H95NO4. The van der Waals surface area contributed by atoms with Crippen molar-refractivity contribution in [2.45, 2.75) is 289 Å². The van der Waals surface area contributed by atoms with Gasteiger partial charge in [-0.25, -0.2) is 0 Å². The van der Waals surface area contributed by atoms with E-state index in [1.54, 1.807) is 0 Å². The zero-order chi connectivity index (χ0) is 38.0. The van der Waals surface area contributed by atoms with E-state index in [1.807, 2.05) is 0 Å². The molecule has 3 atom stereocenters. The zero-order valence-electron chi connectivity index (χ0n) is 35.5. The molecule has 0 aromatic rings. The van der Waals surface area contributed by atoms with Crippen LogP contribution in [0.15, 0.2) is 0 Å². The number of hydrogen-bond donors (Lipinski definition) is 4. The van der Waals surface area contributed by atoms with Gasteiger partial charge in [-0.2, -0.15) is 0 Å². The van der Waals surface area contributed by atoms with Crippen LogP contribution in [0.2, 0.25) is 0 Å². The average Bonchev–Trinajstić information content (AvgIpc) is 3.15. The SMILES string of the molecule is CCCCCCCCCCCCCCCCCCCCCC(O)C(=O)NC(CO)C(O)CCCCCCCCCCCCCCCCCCCCC. The van der Waals surface area contributed by atoms with Gasteiger partial charge in [0.1, 0.15) is 6.10 Å². The van der Waals surface area contributed by atoms with Gasteiger partial charge in [0, 0.05) is 0 Å². The van der Waals surface area contributed by atoms with E-state index in [9.17, 15) is 20.1 Å². The first-order chi connectivity index (χ1) is 25.6. The second-order valence-electron chi connectivity index (χ2n) is 16.7. The first-order valence-corrected chi connectivity index (χ1v) is 23.8. The van der Waals surface area contributed by atoms with E-state index in [1.165, 1.54) is 212 Å². The van der Waals surface area contributed by atoms with Gasteiger partial charge >= 0.3 is 0 Å². The molecule has 0 fully saturated rings. The molecule has 3 unspecified atom stereocenters. The molecule has 5 nitrogen and oxygen atoms in total. The molecule has 0 spiro atoms. The molecule has 0 aliphatic rings. The van der Waals surface area contributed by atoms with E-state index in [2.05, 4.69) is 19.2 Å². The van der Waals surface area contributed by atoms with Crippen molar-refractivity contribution in [2.75, 3.05) is 6.61 Å². The van der Waals surface area contributed by atoms with E-state index in [-0.39, 0.29) is 6.61 Å². The minimum absolute atomic E-state index is 0.308. The standard InChI is InChI=1S/C47H95NO4/c1-3-5-7-9-11-13-15-17-19-21-23-25-27-29-31-33-35-37-39-41-45(50)44(43-49)48-47(52)46(51)42-40-38-36-34-32-30-28-26-24-22-20-18-16-14-12-10-8-6-4-2/h44-46,49-51H,3-43H2,1-2H3,(H,48,52). The fourth-order valence-corrected chi connectivity index (χ4v) is 7.72. The van der Waals surface area contributed by atoms with Crippen LogP contribution < -0.4 is 5.32 Å². The third kappa shape index (κ3) is 37.7. The van der Waals surface area contributed by atoms with Gasteiger partial charge in [-0.1, -0.05) is 258 Å². The molecule has 312 valence electrons. The van der Waals surface area contributed by atoms with Gasteiger partial charge in [0.15, 0.2) is 0 Å². The number of nitrogens with one attached hydrogen (secondary N) is 1. The van der Waals surface area contributed by atoms with Crippen LogP contribution in [0.25, 0.3) is 0 Å². The van der Waals surface area contributed by atoms with Gasteiger partial charge in [0.2, 0.25) is 5.91 Å². The highest BCUT2D eigenvalue weighted by Gasteiger charge is 2.23. The van der Waals surface area contributed by atoms with Crippen molar-refractivity contribution in [1.82, 2.24) is 5.32 Å². The van der Waals surface area contributed by atoms with E-state index in [0.717, 1.165) is 32.1 Å². The van der Waals surface area contributed by atoms with Crippen LogP contribution in [0.3, 0.4) is 0 Å². The minimum atomic E-state index is -1.07. The van der Waals surface area contributed by atoms with Crippen LogP contribution in [-0.2, 0) is 4.79 Å². The third-order valence-corrected chi connectivity index (χ3v) is 11.5. The van der Waals surface area contributed by atoms with Gasteiger partial charge in [-0.05, 0) is 12.8 Å². The molecule has 0 bridgehead atoms. The van der Waals surface area contributed by atoms with Crippen molar-refractivity contribution in [3.8, 4) is 0 Å². The Morgan fingerprint density at radius 3 is 0.865 bits per heavy atom. The van der Waals surface area contributed by atoms with Crippen LogP contribution in [-0.4, -0.2) is 46.1 Å². The summed E-state index contributed by atoms with van der Waals surface area (Å²) < 4.78 is 0. The molecule has 0 saturated heterocycles. The number of carbonyl (C=O) groups is 1. The fourth-order valence-electron chi connectivity index (χ4n) is 7.72. The predicted octanol–water partition coefficient (Wildman–Crippen LogP) is 13.8. The number of aliphatic hydroxyl groups is 3. The summed E-state index contributed by atoms with van der Waals surface area (Å²) >= 11 is 0. The normalized spacial score (nSPS) is 13.4. The van der Waals surface area contributed by atoms with Crippen LogP contribution >= 0.6 is 0 Å². The van der Waals surface area contributed by atoms with Gasteiger partial charge in [-0.3, -0.25) is 4.79 Å². The Morgan fingerprint density at radius 2 is 0.615 bits per heavy atom. The molecule has 5 heteroatoms. The summed E-state index contributed by atoms with van der Waals surface area (Å²) in [6.07, 6.45) is 49.7.